The van der Waals surface area contributed by atoms with E-state index in [2.05, 4.69) is 6.07 Å². The molecule has 2 aromatic carbocycles. The van der Waals surface area contributed by atoms with E-state index in [0.29, 0.717) is 15.8 Å². The fourth-order valence-electron chi connectivity index (χ4n) is 1.38. The summed E-state index contributed by atoms with van der Waals surface area (Å²) in [5.74, 6) is -0.953. The molecule has 3 heteroatoms. The van der Waals surface area contributed by atoms with Crippen LogP contribution in [0.3, 0.4) is 0 Å². The van der Waals surface area contributed by atoms with Gasteiger partial charge in [0.05, 0.1) is 5.56 Å². The molecule has 0 atom stereocenters. The number of carboxylic acids is 1. The SMILES string of the molecule is O=C(O)c1ccc(Cl)c2[c]cccc12. The summed E-state index contributed by atoms with van der Waals surface area (Å²) in [7, 11) is 0. The van der Waals surface area contributed by atoms with Crippen molar-refractivity contribution >= 4 is 28.3 Å². The quantitative estimate of drug-likeness (QED) is 0.777. The van der Waals surface area contributed by atoms with Crippen LogP contribution in [0, 0.1) is 6.07 Å². The third kappa shape index (κ3) is 1.34. The number of carboxylic acid groups (broad SMARTS) is 1. The maximum Gasteiger partial charge on any atom is 0.336 e. The molecule has 0 bridgehead atoms. The molecule has 0 aromatic heterocycles. The number of rotatable bonds is 1. The van der Waals surface area contributed by atoms with Crippen molar-refractivity contribution in [2.45, 2.75) is 0 Å². The van der Waals surface area contributed by atoms with Gasteiger partial charge < -0.3 is 5.11 Å². The van der Waals surface area contributed by atoms with Gasteiger partial charge in [0.1, 0.15) is 0 Å². The summed E-state index contributed by atoms with van der Waals surface area (Å²) in [6.45, 7) is 0. The molecule has 0 aliphatic heterocycles. The Morgan fingerprint density at radius 3 is 2.86 bits per heavy atom. The molecule has 0 amide bonds. The highest BCUT2D eigenvalue weighted by atomic mass is 35.5. The molecule has 0 spiro atoms. The van der Waals surface area contributed by atoms with Gasteiger partial charge in [-0.1, -0.05) is 29.8 Å². The van der Waals surface area contributed by atoms with Gasteiger partial charge in [-0.05, 0) is 23.6 Å². The fourth-order valence-corrected chi connectivity index (χ4v) is 1.59. The van der Waals surface area contributed by atoms with Crippen LogP contribution in [0.5, 0.6) is 0 Å². The van der Waals surface area contributed by atoms with Gasteiger partial charge in [0, 0.05) is 10.4 Å². The normalized spacial score (nSPS) is 10.4. The minimum Gasteiger partial charge on any atom is -0.478 e. The van der Waals surface area contributed by atoms with E-state index in [1.807, 2.05) is 0 Å². The zero-order valence-electron chi connectivity index (χ0n) is 7.12. The first-order valence-corrected chi connectivity index (χ1v) is 4.40. The molecule has 0 aliphatic carbocycles. The first-order chi connectivity index (χ1) is 6.70. The molecule has 2 rings (SSSR count). The number of halogens is 1. The van der Waals surface area contributed by atoms with Crippen molar-refractivity contribution in [3.05, 3.63) is 47.0 Å². The van der Waals surface area contributed by atoms with Crippen LogP contribution in [0.1, 0.15) is 10.4 Å². The van der Waals surface area contributed by atoms with E-state index >= 15 is 0 Å². The molecule has 0 heterocycles. The van der Waals surface area contributed by atoms with Gasteiger partial charge in [-0.15, -0.1) is 0 Å². The van der Waals surface area contributed by atoms with Crippen molar-refractivity contribution in [3.63, 3.8) is 0 Å². The Morgan fingerprint density at radius 2 is 2.14 bits per heavy atom. The Labute approximate surface area is 85.7 Å². The summed E-state index contributed by atoms with van der Waals surface area (Å²) >= 11 is 5.91. The Kier molecular flexibility index (Phi) is 2.14. The molecule has 14 heavy (non-hydrogen) atoms. The van der Waals surface area contributed by atoms with Crippen LogP contribution in [-0.4, -0.2) is 11.1 Å². The molecule has 1 N–H and O–H groups in total. The number of hydrogen-bond acceptors (Lipinski definition) is 1. The summed E-state index contributed by atoms with van der Waals surface area (Å²) in [4.78, 5) is 10.9. The van der Waals surface area contributed by atoms with E-state index in [-0.39, 0.29) is 5.56 Å². The number of carbonyl (C=O) groups is 1. The monoisotopic (exact) mass is 205 g/mol. The lowest BCUT2D eigenvalue weighted by Crippen LogP contribution is -1.97. The average Bonchev–Trinajstić information content (AvgIpc) is 2.18. The van der Waals surface area contributed by atoms with Crippen LogP contribution in [0.25, 0.3) is 10.8 Å². The Balaban J connectivity index is 2.88. The fraction of sp³-hybridized carbons (Fsp3) is 0. The molecule has 2 aromatic rings. The summed E-state index contributed by atoms with van der Waals surface area (Å²) in [5, 5.41) is 10.7. The van der Waals surface area contributed by atoms with E-state index in [1.54, 1.807) is 24.3 Å². The average molecular weight is 206 g/mol. The van der Waals surface area contributed by atoms with E-state index in [9.17, 15) is 4.79 Å². The summed E-state index contributed by atoms with van der Waals surface area (Å²) in [6, 6.07) is 11.2. The number of aromatic carboxylic acids is 1. The lowest BCUT2D eigenvalue weighted by Gasteiger charge is -2.02. The summed E-state index contributed by atoms with van der Waals surface area (Å²) in [5.41, 5.74) is 0.251. The lowest BCUT2D eigenvalue weighted by molar-refractivity contribution is 0.0699. The predicted molar refractivity (Wildman–Crippen MR) is 54.8 cm³/mol. The highest BCUT2D eigenvalue weighted by molar-refractivity contribution is 6.36. The highest BCUT2D eigenvalue weighted by Crippen LogP contribution is 2.25. The van der Waals surface area contributed by atoms with Crippen LogP contribution in [0.4, 0.5) is 0 Å². The second-order valence-electron chi connectivity index (χ2n) is 2.86. The van der Waals surface area contributed by atoms with Crippen LogP contribution in [0.15, 0.2) is 30.3 Å². The van der Waals surface area contributed by atoms with Crippen LogP contribution in [0.2, 0.25) is 5.02 Å². The maximum absolute atomic E-state index is 10.9. The molecule has 0 saturated heterocycles. The Hall–Kier alpha value is -1.54. The molecule has 0 unspecified atom stereocenters. The first kappa shape index (κ1) is 9.03. The molecule has 0 aliphatic rings. The zero-order chi connectivity index (χ0) is 10.1. The number of benzene rings is 2. The van der Waals surface area contributed by atoms with E-state index < -0.39 is 5.97 Å². The van der Waals surface area contributed by atoms with Crippen LogP contribution >= 0.6 is 11.6 Å². The van der Waals surface area contributed by atoms with Crippen molar-refractivity contribution in [2.75, 3.05) is 0 Å². The minimum atomic E-state index is -0.953. The first-order valence-electron chi connectivity index (χ1n) is 4.02. The molecule has 69 valence electrons. The van der Waals surface area contributed by atoms with Crippen LogP contribution < -0.4 is 0 Å². The Bertz CT molecular complexity index is 506. The maximum atomic E-state index is 10.9. The molecule has 0 saturated carbocycles. The summed E-state index contributed by atoms with van der Waals surface area (Å²) < 4.78 is 0. The van der Waals surface area contributed by atoms with E-state index in [4.69, 9.17) is 16.7 Å². The summed E-state index contributed by atoms with van der Waals surface area (Å²) in [6.07, 6.45) is 0. The van der Waals surface area contributed by atoms with Gasteiger partial charge >= 0.3 is 5.97 Å². The predicted octanol–water partition coefficient (Wildman–Crippen LogP) is 2.99. The second-order valence-corrected chi connectivity index (χ2v) is 3.27. The minimum absolute atomic E-state index is 0.251. The van der Waals surface area contributed by atoms with Crippen molar-refractivity contribution < 1.29 is 9.90 Å². The van der Waals surface area contributed by atoms with Crippen LogP contribution in [-0.2, 0) is 0 Å². The highest BCUT2D eigenvalue weighted by Gasteiger charge is 2.09. The van der Waals surface area contributed by atoms with Crippen molar-refractivity contribution in [1.29, 1.82) is 0 Å². The third-order valence-corrected chi connectivity index (χ3v) is 2.33. The van der Waals surface area contributed by atoms with E-state index in [0.717, 1.165) is 0 Å². The Morgan fingerprint density at radius 1 is 1.36 bits per heavy atom. The molecule has 0 fully saturated rings. The topological polar surface area (TPSA) is 37.3 Å². The van der Waals surface area contributed by atoms with Crippen molar-refractivity contribution in [3.8, 4) is 0 Å². The van der Waals surface area contributed by atoms with E-state index in [1.165, 1.54) is 6.07 Å². The zero-order valence-corrected chi connectivity index (χ0v) is 7.88. The smallest absolute Gasteiger partial charge is 0.336 e. The molecule has 2 nitrogen and oxygen atoms in total. The van der Waals surface area contributed by atoms with Gasteiger partial charge in [-0.2, -0.15) is 0 Å². The largest absolute Gasteiger partial charge is 0.478 e. The lowest BCUT2D eigenvalue weighted by atomic mass is 10.0. The third-order valence-electron chi connectivity index (χ3n) is 2.01. The number of hydrogen-bond donors (Lipinski definition) is 1. The van der Waals surface area contributed by atoms with Crippen molar-refractivity contribution in [2.24, 2.45) is 0 Å². The number of fused-ring (bicyclic) bond motifs is 1. The van der Waals surface area contributed by atoms with Crippen molar-refractivity contribution in [1.82, 2.24) is 0 Å². The molecular formula is C11H6ClO2. The van der Waals surface area contributed by atoms with Gasteiger partial charge in [-0.25, -0.2) is 4.79 Å². The van der Waals surface area contributed by atoms with Gasteiger partial charge in [0.15, 0.2) is 0 Å². The van der Waals surface area contributed by atoms with Gasteiger partial charge in [-0.3, -0.25) is 0 Å². The van der Waals surface area contributed by atoms with Gasteiger partial charge in [0.2, 0.25) is 0 Å². The van der Waals surface area contributed by atoms with Gasteiger partial charge in [0.25, 0.3) is 0 Å². The molecule has 1 radical (unpaired) electrons. The standard InChI is InChI=1S/C11H6ClO2/c12-10-6-5-9(11(13)14)7-3-1-2-4-8(7)10/h1-3,5-6H,(H,13,14). The molecular weight excluding hydrogens is 200 g/mol. The second kappa shape index (κ2) is 3.31.